The number of sulfonamides is 1. The molecule has 18 heavy (non-hydrogen) atoms. The SMILES string of the molecule is CCN(C1CCCCC1CN)S(=O)(=O)CC(C)C. The van der Waals surface area contributed by atoms with Crippen molar-refractivity contribution in [2.45, 2.75) is 52.5 Å². The van der Waals surface area contributed by atoms with Crippen LogP contribution in [0.25, 0.3) is 0 Å². The lowest BCUT2D eigenvalue weighted by Gasteiger charge is -2.38. The maximum Gasteiger partial charge on any atom is 0.214 e. The molecule has 0 spiro atoms. The Hall–Kier alpha value is -0.130. The number of hydrogen-bond donors (Lipinski definition) is 1. The third-order valence-electron chi connectivity index (χ3n) is 3.75. The molecule has 0 aromatic carbocycles. The number of nitrogens with zero attached hydrogens (tertiary/aromatic N) is 1. The van der Waals surface area contributed by atoms with E-state index in [9.17, 15) is 8.42 Å². The molecule has 0 aliphatic heterocycles. The molecular formula is C13H28N2O2S. The van der Waals surface area contributed by atoms with Crippen LogP contribution >= 0.6 is 0 Å². The lowest BCUT2D eigenvalue weighted by Crippen LogP contribution is -2.49. The largest absolute Gasteiger partial charge is 0.330 e. The maximum absolute atomic E-state index is 12.4. The van der Waals surface area contributed by atoms with Crippen LogP contribution < -0.4 is 5.73 Å². The first-order valence-corrected chi connectivity index (χ1v) is 8.72. The predicted octanol–water partition coefficient (Wildman–Crippen LogP) is 1.81. The van der Waals surface area contributed by atoms with Crippen molar-refractivity contribution in [2.24, 2.45) is 17.6 Å². The summed E-state index contributed by atoms with van der Waals surface area (Å²) in [7, 11) is -3.14. The zero-order chi connectivity index (χ0) is 13.8. The Balaban J connectivity index is 2.87. The Morgan fingerprint density at radius 2 is 1.89 bits per heavy atom. The molecule has 2 unspecified atom stereocenters. The van der Waals surface area contributed by atoms with Crippen molar-refractivity contribution in [1.29, 1.82) is 0 Å². The highest BCUT2D eigenvalue weighted by Crippen LogP contribution is 2.29. The Morgan fingerprint density at radius 3 is 2.39 bits per heavy atom. The summed E-state index contributed by atoms with van der Waals surface area (Å²) in [5.41, 5.74) is 5.81. The topological polar surface area (TPSA) is 63.4 Å². The van der Waals surface area contributed by atoms with Gasteiger partial charge in [0.2, 0.25) is 10.0 Å². The van der Waals surface area contributed by atoms with Gasteiger partial charge in [-0.3, -0.25) is 0 Å². The van der Waals surface area contributed by atoms with Gasteiger partial charge in [0.25, 0.3) is 0 Å². The average Bonchev–Trinajstić information content (AvgIpc) is 2.28. The van der Waals surface area contributed by atoms with Crippen molar-refractivity contribution in [2.75, 3.05) is 18.8 Å². The van der Waals surface area contributed by atoms with Crippen LogP contribution in [0.1, 0.15) is 46.5 Å². The summed E-state index contributed by atoms with van der Waals surface area (Å²) in [6, 6.07) is 0.123. The van der Waals surface area contributed by atoms with E-state index < -0.39 is 10.0 Å². The molecule has 5 heteroatoms. The van der Waals surface area contributed by atoms with Gasteiger partial charge in [-0.1, -0.05) is 33.6 Å². The molecule has 1 fully saturated rings. The Morgan fingerprint density at radius 1 is 1.28 bits per heavy atom. The average molecular weight is 276 g/mol. The maximum atomic E-state index is 12.4. The van der Waals surface area contributed by atoms with Gasteiger partial charge in [0.1, 0.15) is 0 Å². The van der Waals surface area contributed by atoms with Gasteiger partial charge in [0.05, 0.1) is 5.75 Å². The zero-order valence-electron chi connectivity index (χ0n) is 11.9. The first-order chi connectivity index (χ1) is 8.42. The third-order valence-corrected chi connectivity index (χ3v) is 6.09. The summed E-state index contributed by atoms with van der Waals surface area (Å²) in [6.07, 6.45) is 4.33. The van der Waals surface area contributed by atoms with Crippen LogP contribution in [0.3, 0.4) is 0 Å². The second kappa shape index (κ2) is 6.87. The highest BCUT2D eigenvalue weighted by molar-refractivity contribution is 7.89. The van der Waals surface area contributed by atoms with Crippen molar-refractivity contribution < 1.29 is 8.42 Å². The first-order valence-electron chi connectivity index (χ1n) is 7.12. The molecule has 4 nitrogen and oxygen atoms in total. The van der Waals surface area contributed by atoms with E-state index in [0.717, 1.165) is 19.3 Å². The molecule has 108 valence electrons. The highest BCUT2D eigenvalue weighted by Gasteiger charge is 2.35. The molecule has 1 aliphatic carbocycles. The van der Waals surface area contributed by atoms with E-state index in [1.54, 1.807) is 4.31 Å². The lowest BCUT2D eigenvalue weighted by molar-refractivity contribution is 0.187. The molecular weight excluding hydrogens is 248 g/mol. The number of nitrogens with two attached hydrogens (primary N) is 1. The fraction of sp³-hybridized carbons (Fsp3) is 1.00. The standard InChI is InChI=1S/C13H28N2O2S/c1-4-15(18(16,17)10-11(2)3)13-8-6-5-7-12(13)9-14/h11-13H,4-10,14H2,1-3H3. The van der Waals surface area contributed by atoms with Crippen molar-refractivity contribution in [3.63, 3.8) is 0 Å². The van der Waals surface area contributed by atoms with E-state index in [4.69, 9.17) is 5.73 Å². The van der Waals surface area contributed by atoms with E-state index >= 15 is 0 Å². The minimum Gasteiger partial charge on any atom is -0.330 e. The zero-order valence-corrected chi connectivity index (χ0v) is 12.7. The van der Waals surface area contributed by atoms with Gasteiger partial charge in [0, 0.05) is 12.6 Å². The Labute approximate surface area is 112 Å². The highest BCUT2D eigenvalue weighted by atomic mass is 32.2. The van der Waals surface area contributed by atoms with Gasteiger partial charge in [-0.2, -0.15) is 4.31 Å². The van der Waals surface area contributed by atoms with Crippen molar-refractivity contribution in [3.8, 4) is 0 Å². The van der Waals surface area contributed by atoms with Gasteiger partial charge >= 0.3 is 0 Å². The molecule has 1 saturated carbocycles. The van der Waals surface area contributed by atoms with Crippen LogP contribution in [0.2, 0.25) is 0 Å². The first kappa shape index (κ1) is 15.9. The number of rotatable bonds is 6. The molecule has 1 aliphatic rings. The van der Waals surface area contributed by atoms with Crippen LogP contribution in [0.4, 0.5) is 0 Å². The van der Waals surface area contributed by atoms with Gasteiger partial charge < -0.3 is 5.73 Å². The molecule has 0 aromatic heterocycles. The molecule has 0 saturated heterocycles. The number of hydrogen-bond acceptors (Lipinski definition) is 3. The second-order valence-corrected chi connectivity index (χ2v) is 7.69. The minimum absolute atomic E-state index is 0.123. The normalized spacial score (nSPS) is 25.9. The van der Waals surface area contributed by atoms with Crippen LogP contribution in [0.5, 0.6) is 0 Å². The van der Waals surface area contributed by atoms with Crippen molar-refractivity contribution in [1.82, 2.24) is 4.31 Å². The lowest BCUT2D eigenvalue weighted by atomic mass is 9.84. The molecule has 0 heterocycles. The summed E-state index contributed by atoms with van der Waals surface area (Å²) in [6.45, 7) is 6.99. The van der Waals surface area contributed by atoms with E-state index in [0.29, 0.717) is 19.0 Å². The molecule has 0 radical (unpaired) electrons. The third kappa shape index (κ3) is 3.93. The van der Waals surface area contributed by atoms with Crippen molar-refractivity contribution in [3.05, 3.63) is 0 Å². The Kier molecular flexibility index (Phi) is 6.08. The second-order valence-electron chi connectivity index (χ2n) is 5.72. The quantitative estimate of drug-likeness (QED) is 0.805. The van der Waals surface area contributed by atoms with E-state index in [1.807, 2.05) is 20.8 Å². The molecule has 2 atom stereocenters. The summed E-state index contributed by atoms with van der Waals surface area (Å²) < 4.78 is 26.5. The monoisotopic (exact) mass is 276 g/mol. The van der Waals surface area contributed by atoms with Crippen LogP contribution in [0, 0.1) is 11.8 Å². The van der Waals surface area contributed by atoms with Gasteiger partial charge in [-0.15, -0.1) is 0 Å². The minimum atomic E-state index is -3.14. The summed E-state index contributed by atoms with van der Waals surface area (Å²) >= 11 is 0. The molecule has 1 rings (SSSR count). The van der Waals surface area contributed by atoms with E-state index in [2.05, 4.69) is 0 Å². The summed E-state index contributed by atoms with van der Waals surface area (Å²) in [4.78, 5) is 0. The Bertz CT molecular complexity index is 341. The van der Waals surface area contributed by atoms with Gasteiger partial charge in [-0.25, -0.2) is 8.42 Å². The van der Waals surface area contributed by atoms with Crippen LogP contribution in [0.15, 0.2) is 0 Å². The van der Waals surface area contributed by atoms with Crippen LogP contribution in [-0.4, -0.2) is 37.6 Å². The van der Waals surface area contributed by atoms with Crippen molar-refractivity contribution >= 4 is 10.0 Å². The van der Waals surface area contributed by atoms with Crippen LogP contribution in [-0.2, 0) is 10.0 Å². The fourth-order valence-electron chi connectivity index (χ4n) is 3.00. The summed E-state index contributed by atoms with van der Waals surface area (Å²) in [5, 5.41) is 0. The van der Waals surface area contributed by atoms with Gasteiger partial charge in [0.15, 0.2) is 0 Å². The van der Waals surface area contributed by atoms with E-state index in [1.165, 1.54) is 6.42 Å². The summed E-state index contributed by atoms with van der Waals surface area (Å²) in [5.74, 6) is 0.749. The molecule has 0 amide bonds. The molecule has 0 aromatic rings. The van der Waals surface area contributed by atoms with Gasteiger partial charge in [-0.05, 0) is 31.2 Å². The molecule has 2 N–H and O–H groups in total. The van der Waals surface area contributed by atoms with E-state index in [-0.39, 0.29) is 17.7 Å². The molecule has 0 bridgehead atoms. The smallest absolute Gasteiger partial charge is 0.214 e. The fourth-order valence-corrected chi connectivity index (χ4v) is 5.11. The predicted molar refractivity (Wildman–Crippen MR) is 75.8 cm³/mol.